The first-order valence-electron chi connectivity index (χ1n) is 9.63. The van der Waals surface area contributed by atoms with Gasteiger partial charge in [-0.05, 0) is 80.1 Å². The van der Waals surface area contributed by atoms with Crippen LogP contribution >= 0.6 is 0 Å². The molecule has 0 aliphatic carbocycles. The Kier molecular flexibility index (Phi) is 6.29. The van der Waals surface area contributed by atoms with E-state index >= 15 is 0 Å². The van der Waals surface area contributed by atoms with E-state index in [-0.39, 0.29) is 16.9 Å². The Bertz CT molecular complexity index is 701. The van der Waals surface area contributed by atoms with Crippen molar-refractivity contribution in [1.29, 1.82) is 0 Å². The zero-order chi connectivity index (χ0) is 20.5. The molecule has 27 heavy (non-hydrogen) atoms. The number of benzene rings is 2. The number of hydrogen-bond acceptors (Lipinski definition) is 3. The summed E-state index contributed by atoms with van der Waals surface area (Å²) < 4.78 is 6.60. The van der Waals surface area contributed by atoms with E-state index in [0.717, 1.165) is 17.2 Å². The number of hydrogen-bond donors (Lipinski definition) is 2. The van der Waals surface area contributed by atoms with Crippen LogP contribution < -0.4 is 0 Å². The van der Waals surface area contributed by atoms with E-state index < -0.39 is 16.6 Å². The van der Waals surface area contributed by atoms with Crippen LogP contribution in [0.4, 0.5) is 0 Å². The van der Waals surface area contributed by atoms with Gasteiger partial charge in [-0.25, -0.2) is 0 Å². The minimum absolute atomic E-state index is 0.242. The number of aromatic hydroxyl groups is 2. The van der Waals surface area contributed by atoms with Crippen molar-refractivity contribution in [3.8, 4) is 11.5 Å². The van der Waals surface area contributed by atoms with Crippen LogP contribution in [0.2, 0.25) is 38.8 Å². The quantitative estimate of drug-likeness (QED) is 0.550. The molecule has 148 valence electrons. The topological polar surface area (TPSA) is 49.7 Å². The summed E-state index contributed by atoms with van der Waals surface area (Å²) in [5, 5.41) is 19.5. The molecular formula is C22H34O3Si2. The number of rotatable bonds is 7. The third-order valence-electron chi connectivity index (χ3n) is 5.30. The Balaban J connectivity index is 2.46. The predicted molar refractivity (Wildman–Crippen MR) is 119 cm³/mol. The zero-order valence-corrected chi connectivity index (χ0v) is 19.7. The second kappa shape index (κ2) is 7.82. The van der Waals surface area contributed by atoms with Gasteiger partial charge in [0.2, 0.25) is 0 Å². The van der Waals surface area contributed by atoms with Gasteiger partial charge in [0, 0.05) is 5.41 Å². The fourth-order valence-corrected chi connectivity index (χ4v) is 13.0. The molecule has 0 saturated heterocycles. The summed E-state index contributed by atoms with van der Waals surface area (Å²) in [6.45, 7) is 16.0. The molecule has 1 unspecified atom stereocenters. The van der Waals surface area contributed by atoms with E-state index in [1.807, 2.05) is 24.3 Å². The Morgan fingerprint density at radius 2 is 1.19 bits per heavy atom. The number of phenolic OH excluding ortho intramolecular Hbond substituents is 2. The van der Waals surface area contributed by atoms with Crippen LogP contribution in [0.25, 0.3) is 0 Å². The minimum atomic E-state index is -1.84. The summed E-state index contributed by atoms with van der Waals surface area (Å²) in [6.07, 6.45) is 0. The second-order valence-electron chi connectivity index (χ2n) is 9.38. The van der Waals surface area contributed by atoms with Gasteiger partial charge >= 0.3 is 0 Å². The molecule has 0 radical (unpaired) electrons. The van der Waals surface area contributed by atoms with Crippen molar-refractivity contribution < 1.29 is 14.3 Å². The van der Waals surface area contributed by atoms with Gasteiger partial charge in [-0.15, -0.1) is 0 Å². The third kappa shape index (κ3) is 5.47. The highest BCUT2D eigenvalue weighted by Gasteiger charge is 2.40. The van der Waals surface area contributed by atoms with Crippen LogP contribution in [-0.2, 0) is 9.53 Å². The average molecular weight is 403 g/mol. The normalized spacial score (nSPS) is 14.2. The van der Waals surface area contributed by atoms with Gasteiger partial charge in [-0.3, -0.25) is 0 Å². The Morgan fingerprint density at radius 1 is 0.815 bits per heavy atom. The fraction of sp³-hybridized carbons (Fsp3) is 0.455. The first-order chi connectivity index (χ1) is 12.3. The lowest BCUT2D eigenvalue weighted by Gasteiger charge is -2.42. The predicted octanol–water partition coefficient (Wildman–Crippen LogP) is 6.10. The van der Waals surface area contributed by atoms with Crippen molar-refractivity contribution in [2.24, 2.45) is 5.92 Å². The van der Waals surface area contributed by atoms with Gasteiger partial charge in [0.25, 0.3) is 0 Å². The maximum absolute atomic E-state index is 9.74. The molecule has 1 atom stereocenters. The van der Waals surface area contributed by atoms with E-state index in [2.05, 4.69) is 46.6 Å². The summed E-state index contributed by atoms with van der Waals surface area (Å²) in [5.41, 5.74) is 2.08. The standard InChI is InChI=1S/C22H34O3Si2/c1-17(16-27(6,7)25-26(3,4)5)22(2,18-8-12-20(23)13-9-18)19-10-14-21(24)15-11-19/h8-15,17,23-24H,16H2,1-7H3. The molecule has 0 amide bonds. The van der Waals surface area contributed by atoms with E-state index in [1.54, 1.807) is 24.3 Å². The molecular weight excluding hydrogens is 368 g/mol. The first-order valence-corrected chi connectivity index (χ1v) is 16.1. The maximum Gasteiger partial charge on any atom is 0.173 e. The molecule has 5 heteroatoms. The molecule has 0 saturated carbocycles. The molecule has 2 N–H and O–H groups in total. The first kappa shape index (κ1) is 21.7. The molecule has 2 aromatic carbocycles. The lowest BCUT2D eigenvalue weighted by molar-refractivity contribution is 0.384. The van der Waals surface area contributed by atoms with Crippen LogP contribution in [0.1, 0.15) is 25.0 Å². The summed E-state index contributed by atoms with van der Waals surface area (Å²) in [7, 11) is -3.43. The van der Waals surface area contributed by atoms with Crippen molar-refractivity contribution >= 4 is 16.6 Å². The van der Waals surface area contributed by atoms with Crippen molar-refractivity contribution in [1.82, 2.24) is 0 Å². The van der Waals surface area contributed by atoms with Crippen molar-refractivity contribution in [3.63, 3.8) is 0 Å². The summed E-state index contributed by atoms with van der Waals surface area (Å²) in [5.74, 6) is 0.886. The highest BCUT2D eigenvalue weighted by Crippen LogP contribution is 2.43. The molecule has 0 aliphatic rings. The monoisotopic (exact) mass is 402 g/mol. The summed E-state index contributed by atoms with van der Waals surface area (Å²) in [6, 6.07) is 16.1. The lowest BCUT2D eigenvalue weighted by Crippen LogP contribution is -2.46. The average Bonchev–Trinajstić information content (AvgIpc) is 2.52. The van der Waals surface area contributed by atoms with Crippen LogP contribution in [0.3, 0.4) is 0 Å². The van der Waals surface area contributed by atoms with Crippen LogP contribution in [0, 0.1) is 5.92 Å². The smallest absolute Gasteiger partial charge is 0.173 e. The van der Waals surface area contributed by atoms with Crippen LogP contribution in [0.15, 0.2) is 48.5 Å². The largest absolute Gasteiger partial charge is 0.508 e. The molecule has 3 nitrogen and oxygen atoms in total. The molecule has 2 aromatic rings. The minimum Gasteiger partial charge on any atom is -0.508 e. The Hall–Kier alpha value is -1.57. The lowest BCUT2D eigenvalue weighted by atomic mass is 9.68. The highest BCUT2D eigenvalue weighted by molar-refractivity contribution is 6.84. The Morgan fingerprint density at radius 3 is 1.52 bits per heavy atom. The molecule has 0 aromatic heterocycles. The highest BCUT2D eigenvalue weighted by atomic mass is 28.4. The summed E-state index contributed by atoms with van der Waals surface area (Å²) >= 11 is 0. The van der Waals surface area contributed by atoms with E-state index in [1.165, 1.54) is 0 Å². The third-order valence-corrected chi connectivity index (χ3v) is 11.6. The molecule has 2 rings (SSSR count). The fourth-order valence-electron chi connectivity index (χ4n) is 4.16. The molecule has 0 bridgehead atoms. The van der Waals surface area contributed by atoms with Crippen molar-refractivity contribution in [3.05, 3.63) is 59.7 Å². The van der Waals surface area contributed by atoms with Crippen molar-refractivity contribution in [2.45, 2.75) is 58.0 Å². The van der Waals surface area contributed by atoms with Crippen LogP contribution in [0.5, 0.6) is 11.5 Å². The van der Waals surface area contributed by atoms with E-state index in [9.17, 15) is 10.2 Å². The SMILES string of the molecule is CC(C[Si](C)(C)O[Si](C)(C)C)C(C)(c1ccc(O)cc1)c1ccc(O)cc1. The molecule has 0 aliphatic heterocycles. The molecule has 0 spiro atoms. The maximum atomic E-state index is 9.74. The van der Waals surface area contributed by atoms with Gasteiger partial charge < -0.3 is 14.3 Å². The van der Waals surface area contributed by atoms with Gasteiger partial charge in [-0.1, -0.05) is 38.1 Å². The van der Waals surface area contributed by atoms with Crippen molar-refractivity contribution in [2.75, 3.05) is 0 Å². The van der Waals surface area contributed by atoms with E-state index in [0.29, 0.717) is 5.92 Å². The van der Waals surface area contributed by atoms with Crippen LogP contribution in [-0.4, -0.2) is 26.8 Å². The zero-order valence-electron chi connectivity index (χ0n) is 17.7. The summed E-state index contributed by atoms with van der Waals surface area (Å²) in [4.78, 5) is 0. The molecule has 0 heterocycles. The van der Waals surface area contributed by atoms with Gasteiger partial charge in [0.05, 0.1) is 0 Å². The van der Waals surface area contributed by atoms with Gasteiger partial charge in [-0.2, -0.15) is 0 Å². The van der Waals surface area contributed by atoms with Gasteiger partial charge in [0.15, 0.2) is 16.6 Å². The van der Waals surface area contributed by atoms with Gasteiger partial charge in [0.1, 0.15) is 11.5 Å². The Labute approximate surface area is 166 Å². The molecule has 0 fully saturated rings. The van der Waals surface area contributed by atoms with E-state index in [4.69, 9.17) is 4.12 Å². The number of phenols is 2. The second-order valence-corrected chi connectivity index (χ2v) is 18.3.